The number of rotatable bonds is 6. The Balaban J connectivity index is 1.28. The molecule has 7 nitrogen and oxygen atoms in total. The lowest BCUT2D eigenvalue weighted by Crippen LogP contribution is -2.50. The van der Waals surface area contributed by atoms with E-state index >= 15 is 0 Å². The molecule has 0 radical (unpaired) electrons. The van der Waals surface area contributed by atoms with Gasteiger partial charge in [-0.05, 0) is 35.1 Å². The van der Waals surface area contributed by atoms with Crippen molar-refractivity contribution in [1.82, 2.24) is 10.2 Å². The van der Waals surface area contributed by atoms with E-state index in [0.717, 1.165) is 22.3 Å². The molecule has 0 aliphatic heterocycles. The van der Waals surface area contributed by atoms with E-state index in [-0.39, 0.29) is 36.9 Å². The average Bonchev–Trinajstić information content (AvgIpc) is 3.03. The number of nitrogens with zero attached hydrogens (tertiary/aromatic N) is 1. The highest BCUT2D eigenvalue weighted by Crippen LogP contribution is 2.44. The predicted molar refractivity (Wildman–Crippen MR) is 110 cm³/mol. The molecule has 2 aliphatic carbocycles. The Hall–Kier alpha value is -3.35. The van der Waals surface area contributed by atoms with Crippen molar-refractivity contribution in [3.05, 3.63) is 59.7 Å². The second kappa shape index (κ2) is 8.18. The lowest BCUT2D eigenvalue weighted by molar-refractivity contribution is -0.149. The third-order valence-electron chi connectivity index (χ3n) is 6.13. The summed E-state index contributed by atoms with van der Waals surface area (Å²) in [5, 5.41) is 11.4. The molecule has 0 unspecified atom stereocenters. The molecular formula is C23H24N2O5. The van der Waals surface area contributed by atoms with E-state index in [9.17, 15) is 14.4 Å². The molecule has 2 N–H and O–H groups in total. The molecule has 7 heteroatoms. The van der Waals surface area contributed by atoms with E-state index in [4.69, 9.17) is 9.84 Å². The summed E-state index contributed by atoms with van der Waals surface area (Å²) >= 11 is 0. The van der Waals surface area contributed by atoms with Crippen LogP contribution < -0.4 is 5.32 Å². The highest BCUT2D eigenvalue weighted by molar-refractivity contribution is 5.83. The van der Waals surface area contributed by atoms with Crippen LogP contribution in [0.25, 0.3) is 11.1 Å². The van der Waals surface area contributed by atoms with Gasteiger partial charge in [-0.3, -0.25) is 9.59 Å². The first-order valence-electron chi connectivity index (χ1n) is 10.0. The molecule has 30 heavy (non-hydrogen) atoms. The number of carbonyl (C=O) groups excluding carboxylic acids is 2. The van der Waals surface area contributed by atoms with Crippen molar-refractivity contribution < 1.29 is 24.2 Å². The number of fused-ring (bicyclic) bond motifs is 3. The zero-order valence-corrected chi connectivity index (χ0v) is 16.7. The Morgan fingerprint density at radius 3 is 2.17 bits per heavy atom. The summed E-state index contributed by atoms with van der Waals surface area (Å²) in [6.45, 7) is 0.00815. The summed E-state index contributed by atoms with van der Waals surface area (Å²) in [6.07, 6.45) is 0.251. The second-order valence-electron chi connectivity index (χ2n) is 7.84. The normalized spacial score (nSPS) is 19.2. The van der Waals surface area contributed by atoms with Crippen LogP contribution in [0.3, 0.4) is 0 Å². The fourth-order valence-corrected chi connectivity index (χ4v) is 4.23. The summed E-state index contributed by atoms with van der Waals surface area (Å²) < 4.78 is 5.42. The molecule has 2 aromatic carbocycles. The first-order valence-corrected chi connectivity index (χ1v) is 10.0. The molecule has 4 rings (SSSR count). The SMILES string of the molecule is CN(C(=O)CNC(=O)OCC1c2ccccc2-c2ccccc21)C1CC(C(=O)O)C1. The van der Waals surface area contributed by atoms with Crippen LogP contribution in [-0.2, 0) is 14.3 Å². The maximum absolute atomic E-state index is 12.3. The zero-order valence-electron chi connectivity index (χ0n) is 16.7. The van der Waals surface area contributed by atoms with Gasteiger partial charge in [0.25, 0.3) is 0 Å². The van der Waals surface area contributed by atoms with Gasteiger partial charge in [-0.25, -0.2) is 4.79 Å². The van der Waals surface area contributed by atoms with Crippen molar-refractivity contribution in [3.63, 3.8) is 0 Å². The highest BCUT2D eigenvalue weighted by atomic mass is 16.5. The summed E-state index contributed by atoms with van der Waals surface area (Å²) in [4.78, 5) is 36.8. The summed E-state index contributed by atoms with van der Waals surface area (Å²) in [7, 11) is 1.63. The molecule has 2 amide bonds. The van der Waals surface area contributed by atoms with Gasteiger partial charge in [-0.1, -0.05) is 48.5 Å². The Labute approximate surface area is 174 Å². The van der Waals surface area contributed by atoms with Crippen molar-refractivity contribution in [2.45, 2.75) is 24.8 Å². The van der Waals surface area contributed by atoms with Crippen LogP contribution in [0.15, 0.2) is 48.5 Å². The lowest BCUT2D eigenvalue weighted by Gasteiger charge is -2.39. The van der Waals surface area contributed by atoms with Crippen molar-refractivity contribution in [2.24, 2.45) is 5.92 Å². The molecule has 0 heterocycles. The molecule has 1 fully saturated rings. The van der Waals surface area contributed by atoms with Gasteiger partial charge in [0.15, 0.2) is 0 Å². The topological polar surface area (TPSA) is 95.9 Å². The molecule has 2 aromatic rings. The molecule has 2 aliphatic rings. The van der Waals surface area contributed by atoms with Crippen LogP contribution in [0.1, 0.15) is 29.9 Å². The van der Waals surface area contributed by atoms with Crippen LogP contribution in [0, 0.1) is 5.92 Å². The number of likely N-dealkylation sites (N-methyl/N-ethyl adjacent to an activating group) is 1. The van der Waals surface area contributed by atoms with Gasteiger partial charge in [0.2, 0.25) is 5.91 Å². The molecule has 0 atom stereocenters. The van der Waals surface area contributed by atoms with Gasteiger partial charge in [-0.2, -0.15) is 0 Å². The van der Waals surface area contributed by atoms with Crippen molar-refractivity contribution in [3.8, 4) is 11.1 Å². The third-order valence-corrected chi connectivity index (χ3v) is 6.13. The highest BCUT2D eigenvalue weighted by Gasteiger charge is 2.38. The number of amides is 2. The summed E-state index contributed by atoms with van der Waals surface area (Å²) in [5.74, 6) is -1.52. The number of ether oxygens (including phenoxy) is 1. The monoisotopic (exact) mass is 408 g/mol. The van der Waals surface area contributed by atoms with Crippen LogP contribution >= 0.6 is 0 Å². The quantitative estimate of drug-likeness (QED) is 0.766. The number of hydrogen-bond donors (Lipinski definition) is 2. The molecule has 1 saturated carbocycles. The molecule has 0 bridgehead atoms. The van der Waals surface area contributed by atoms with Crippen LogP contribution in [0.5, 0.6) is 0 Å². The van der Waals surface area contributed by atoms with E-state index < -0.39 is 12.1 Å². The third kappa shape index (κ3) is 3.75. The Kier molecular flexibility index (Phi) is 5.44. The largest absolute Gasteiger partial charge is 0.481 e. The van der Waals surface area contributed by atoms with Crippen LogP contribution in [-0.4, -0.2) is 54.2 Å². The summed E-state index contributed by atoms with van der Waals surface area (Å²) in [6, 6.07) is 16.1. The van der Waals surface area contributed by atoms with Gasteiger partial charge in [0, 0.05) is 19.0 Å². The number of hydrogen-bond acceptors (Lipinski definition) is 4. The number of carbonyl (C=O) groups is 3. The van der Waals surface area contributed by atoms with Gasteiger partial charge in [0.1, 0.15) is 13.2 Å². The van der Waals surface area contributed by atoms with Gasteiger partial charge in [-0.15, -0.1) is 0 Å². The Bertz CT molecular complexity index is 938. The summed E-state index contributed by atoms with van der Waals surface area (Å²) in [5.41, 5.74) is 4.55. The van der Waals surface area contributed by atoms with E-state index in [0.29, 0.717) is 12.8 Å². The van der Waals surface area contributed by atoms with E-state index in [1.54, 1.807) is 7.05 Å². The lowest BCUT2D eigenvalue weighted by atomic mass is 9.79. The van der Waals surface area contributed by atoms with Gasteiger partial charge >= 0.3 is 12.1 Å². The maximum Gasteiger partial charge on any atom is 0.407 e. The van der Waals surface area contributed by atoms with E-state index in [1.165, 1.54) is 4.90 Å². The minimum Gasteiger partial charge on any atom is -0.481 e. The zero-order chi connectivity index (χ0) is 21.3. The number of aliphatic carboxylic acids is 1. The van der Waals surface area contributed by atoms with Gasteiger partial charge < -0.3 is 20.1 Å². The molecule has 0 saturated heterocycles. The number of alkyl carbamates (subject to hydrolysis) is 1. The molecular weight excluding hydrogens is 384 g/mol. The van der Waals surface area contributed by atoms with Crippen LogP contribution in [0.4, 0.5) is 4.79 Å². The van der Waals surface area contributed by atoms with E-state index in [1.807, 2.05) is 36.4 Å². The van der Waals surface area contributed by atoms with Crippen molar-refractivity contribution in [1.29, 1.82) is 0 Å². The maximum atomic E-state index is 12.3. The Morgan fingerprint density at radius 2 is 1.60 bits per heavy atom. The minimum absolute atomic E-state index is 0.0375. The first-order chi connectivity index (χ1) is 14.5. The minimum atomic E-state index is -0.830. The van der Waals surface area contributed by atoms with Crippen molar-refractivity contribution >= 4 is 18.0 Å². The van der Waals surface area contributed by atoms with Crippen molar-refractivity contribution in [2.75, 3.05) is 20.2 Å². The smallest absolute Gasteiger partial charge is 0.407 e. The predicted octanol–water partition coefficient (Wildman–Crippen LogP) is 2.85. The standard InChI is InChI=1S/C23H24N2O5/c1-25(15-10-14(11-15)22(27)28)21(26)12-24-23(29)30-13-20-18-8-4-2-6-16(18)17-7-3-5-9-19(17)20/h2-9,14-15,20H,10-13H2,1H3,(H,24,29)(H,27,28). The first kappa shape index (κ1) is 19.9. The Morgan fingerprint density at radius 1 is 1.03 bits per heavy atom. The van der Waals surface area contributed by atoms with Gasteiger partial charge in [0.05, 0.1) is 5.92 Å². The fraction of sp³-hybridized carbons (Fsp3) is 0.348. The molecule has 156 valence electrons. The fourth-order valence-electron chi connectivity index (χ4n) is 4.23. The number of carboxylic acid groups (broad SMARTS) is 1. The second-order valence-corrected chi connectivity index (χ2v) is 7.84. The number of benzene rings is 2. The number of nitrogens with one attached hydrogen (secondary N) is 1. The van der Waals surface area contributed by atoms with E-state index in [2.05, 4.69) is 17.4 Å². The molecule has 0 spiro atoms. The average molecular weight is 408 g/mol. The number of carboxylic acids is 1. The molecule has 0 aromatic heterocycles. The van der Waals surface area contributed by atoms with Crippen LogP contribution in [0.2, 0.25) is 0 Å².